The predicted octanol–water partition coefficient (Wildman–Crippen LogP) is 2.61. The van der Waals surface area contributed by atoms with E-state index in [9.17, 15) is 0 Å². The summed E-state index contributed by atoms with van der Waals surface area (Å²) in [5, 5.41) is 3.99. The van der Waals surface area contributed by atoms with E-state index >= 15 is 0 Å². The van der Waals surface area contributed by atoms with Crippen LogP contribution in [0.5, 0.6) is 0 Å². The lowest BCUT2D eigenvalue weighted by Crippen LogP contribution is -2.02. The van der Waals surface area contributed by atoms with Gasteiger partial charge in [-0.15, -0.1) is 0 Å². The highest BCUT2D eigenvalue weighted by atomic mass is 79.9. The van der Waals surface area contributed by atoms with Gasteiger partial charge < -0.3 is 10.3 Å². The van der Waals surface area contributed by atoms with Crippen LogP contribution in [-0.2, 0) is 6.42 Å². The van der Waals surface area contributed by atoms with E-state index in [0.29, 0.717) is 6.54 Å². The van der Waals surface area contributed by atoms with Crippen LogP contribution in [0.1, 0.15) is 5.56 Å². The van der Waals surface area contributed by atoms with Gasteiger partial charge in [0.25, 0.3) is 0 Å². The van der Waals surface area contributed by atoms with Crippen molar-refractivity contribution in [3.05, 3.63) is 40.6 Å². The second-order valence-corrected chi connectivity index (χ2v) is 4.15. The van der Waals surface area contributed by atoms with Crippen LogP contribution < -0.4 is 5.73 Å². The smallest absolute Gasteiger partial charge is 0.127 e. The zero-order chi connectivity index (χ0) is 10.7. The maximum Gasteiger partial charge on any atom is 0.127 e. The minimum Gasteiger partial charge on any atom is -0.364 e. The summed E-state index contributed by atoms with van der Waals surface area (Å²) in [4.78, 5) is 0. The second kappa shape index (κ2) is 4.59. The van der Waals surface area contributed by atoms with E-state index in [0.717, 1.165) is 27.7 Å². The topological polar surface area (TPSA) is 52.0 Å². The molecule has 15 heavy (non-hydrogen) atoms. The van der Waals surface area contributed by atoms with Crippen molar-refractivity contribution in [1.29, 1.82) is 0 Å². The average molecular weight is 267 g/mol. The van der Waals surface area contributed by atoms with Crippen LogP contribution in [0.15, 0.2) is 39.5 Å². The average Bonchev–Trinajstić information content (AvgIpc) is 2.66. The third-order valence-corrected chi connectivity index (χ3v) is 2.65. The van der Waals surface area contributed by atoms with Crippen molar-refractivity contribution in [3.63, 3.8) is 0 Å². The summed E-state index contributed by atoms with van der Waals surface area (Å²) in [6.45, 7) is 0.599. The van der Waals surface area contributed by atoms with E-state index in [1.165, 1.54) is 0 Å². The number of rotatable bonds is 3. The normalized spacial score (nSPS) is 10.5. The molecular formula is C11H11BrN2O. The molecule has 0 aliphatic rings. The molecule has 0 radical (unpaired) electrons. The molecule has 0 bridgehead atoms. The summed E-state index contributed by atoms with van der Waals surface area (Å²) in [7, 11) is 0. The van der Waals surface area contributed by atoms with Crippen LogP contribution in [0.2, 0.25) is 0 Å². The third-order valence-electron chi connectivity index (χ3n) is 2.15. The monoisotopic (exact) mass is 266 g/mol. The summed E-state index contributed by atoms with van der Waals surface area (Å²) in [5.74, 6) is 0. The fourth-order valence-corrected chi connectivity index (χ4v) is 1.86. The lowest BCUT2D eigenvalue weighted by Gasteiger charge is -2.00. The standard InChI is InChI=1S/C11H11BrN2O/c12-10-3-1-2-8(6-10)11-9(4-5-13)7-15-14-11/h1-3,6-7H,4-5,13H2. The highest BCUT2D eigenvalue weighted by Gasteiger charge is 2.09. The van der Waals surface area contributed by atoms with Crippen LogP contribution in [0, 0.1) is 0 Å². The quantitative estimate of drug-likeness (QED) is 0.929. The van der Waals surface area contributed by atoms with Crippen molar-refractivity contribution >= 4 is 15.9 Å². The summed E-state index contributed by atoms with van der Waals surface area (Å²) < 4.78 is 6.00. The highest BCUT2D eigenvalue weighted by Crippen LogP contribution is 2.24. The lowest BCUT2D eigenvalue weighted by molar-refractivity contribution is 0.421. The maximum absolute atomic E-state index is 5.52. The number of hydrogen-bond donors (Lipinski definition) is 1. The van der Waals surface area contributed by atoms with E-state index in [1.807, 2.05) is 24.3 Å². The molecule has 2 N–H and O–H groups in total. The van der Waals surface area contributed by atoms with Gasteiger partial charge in [0.05, 0.1) is 0 Å². The minimum absolute atomic E-state index is 0.599. The molecule has 0 amide bonds. The second-order valence-electron chi connectivity index (χ2n) is 3.24. The van der Waals surface area contributed by atoms with Crippen molar-refractivity contribution < 1.29 is 4.52 Å². The molecule has 0 saturated heterocycles. The van der Waals surface area contributed by atoms with Gasteiger partial charge in [0.1, 0.15) is 12.0 Å². The summed E-state index contributed by atoms with van der Waals surface area (Å²) in [6, 6.07) is 7.97. The molecule has 2 rings (SSSR count). The van der Waals surface area contributed by atoms with Crippen LogP contribution in [0.4, 0.5) is 0 Å². The van der Waals surface area contributed by atoms with Crippen LogP contribution in [0.3, 0.4) is 0 Å². The summed E-state index contributed by atoms with van der Waals surface area (Å²) in [5.41, 5.74) is 8.49. The van der Waals surface area contributed by atoms with Crippen molar-refractivity contribution in [3.8, 4) is 11.3 Å². The molecule has 78 valence electrons. The fourth-order valence-electron chi connectivity index (χ4n) is 1.46. The molecule has 4 heteroatoms. The Kier molecular flexibility index (Phi) is 3.18. The van der Waals surface area contributed by atoms with E-state index in [-0.39, 0.29) is 0 Å². The van der Waals surface area contributed by atoms with Crippen molar-refractivity contribution in [1.82, 2.24) is 5.16 Å². The van der Waals surface area contributed by atoms with Gasteiger partial charge in [-0.1, -0.05) is 33.2 Å². The summed E-state index contributed by atoms with van der Waals surface area (Å²) in [6.07, 6.45) is 2.44. The molecule has 0 saturated carbocycles. The van der Waals surface area contributed by atoms with Gasteiger partial charge >= 0.3 is 0 Å². The number of nitrogens with zero attached hydrogens (tertiary/aromatic N) is 1. The molecule has 0 atom stereocenters. The van der Waals surface area contributed by atoms with Crippen LogP contribution in [-0.4, -0.2) is 11.7 Å². The number of benzene rings is 1. The molecule has 1 aromatic carbocycles. The Balaban J connectivity index is 2.40. The molecule has 0 spiro atoms. The third kappa shape index (κ3) is 2.27. The van der Waals surface area contributed by atoms with Crippen molar-refractivity contribution in [2.24, 2.45) is 5.73 Å². The predicted molar refractivity (Wildman–Crippen MR) is 62.4 cm³/mol. The largest absolute Gasteiger partial charge is 0.364 e. The molecule has 0 aliphatic carbocycles. The first-order chi connectivity index (χ1) is 7.31. The zero-order valence-electron chi connectivity index (χ0n) is 8.11. The first kappa shape index (κ1) is 10.4. The molecule has 3 nitrogen and oxygen atoms in total. The fraction of sp³-hybridized carbons (Fsp3) is 0.182. The Morgan fingerprint density at radius 1 is 1.40 bits per heavy atom. The first-order valence-electron chi connectivity index (χ1n) is 4.70. The van der Waals surface area contributed by atoms with E-state index < -0.39 is 0 Å². The number of hydrogen-bond acceptors (Lipinski definition) is 3. The van der Waals surface area contributed by atoms with Crippen molar-refractivity contribution in [2.45, 2.75) is 6.42 Å². The van der Waals surface area contributed by atoms with Crippen molar-refractivity contribution in [2.75, 3.05) is 6.54 Å². The highest BCUT2D eigenvalue weighted by molar-refractivity contribution is 9.10. The van der Waals surface area contributed by atoms with Gasteiger partial charge in [0.15, 0.2) is 0 Å². The Hall–Kier alpha value is -1.13. The van der Waals surface area contributed by atoms with Gasteiger partial charge in [0, 0.05) is 15.6 Å². The van der Waals surface area contributed by atoms with E-state index in [1.54, 1.807) is 6.26 Å². The van der Waals surface area contributed by atoms with E-state index in [2.05, 4.69) is 21.1 Å². The number of nitrogens with two attached hydrogens (primary N) is 1. The molecule has 1 aromatic heterocycles. The lowest BCUT2D eigenvalue weighted by atomic mass is 10.1. The van der Waals surface area contributed by atoms with Crippen LogP contribution in [0.25, 0.3) is 11.3 Å². The Morgan fingerprint density at radius 2 is 2.27 bits per heavy atom. The van der Waals surface area contributed by atoms with Gasteiger partial charge in [-0.3, -0.25) is 0 Å². The van der Waals surface area contributed by atoms with Gasteiger partial charge in [-0.2, -0.15) is 0 Å². The zero-order valence-corrected chi connectivity index (χ0v) is 9.70. The van der Waals surface area contributed by atoms with Gasteiger partial charge in [-0.05, 0) is 25.1 Å². The van der Waals surface area contributed by atoms with Gasteiger partial charge in [0.2, 0.25) is 0 Å². The first-order valence-corrected chi connectivity index (χ1v) is 5.50. The minimum atomic E-state index is 0.599. The number of halogens is 1. The Labute approximate surface area is 96.4 Å². The van der Waals surface area contributed by atoms with Crippen LogP contribution >= 0.6 is 15.9 Å². The Morgan fingerprint density at radius 3 is 3.00 bits per heavy atom. The molecule has 0 unspecified atom stereocenters. The Bertz CT molecular complexity index is 453. The molecule has 1 heterocycles. The van der Waals surface area contributed by atoms with Gasteiger partial charge in [-0.25, -0.2) is 0 Å². The SMILES string of the molecule is NCCc1conc1-c1cccc(Br)c1. The molecule has 2 aromatic rings. The molecular weight excluding hydrogens is 256 g/mol. The number of aromatic nitrogens is 1. The van der Waals surface area contributed by atoms with E-state index in [4.69, 9.17) is 10.3 Å². The maximum atomic E-state index is 5.52. The molecule has 0 aliphatic heterocycles. The summed E-state index contributed by atoms with van der Waals surface area (Å²) >= 11 is 3.43. The molecule has 0 fully saturated rings.